The highest BCUT2D eigenvalue weighted by Gasteiger charge is 2.26. The normalized spacial score (nSPS) is 22.4. The van der Waals surface area contributed by atoms with E-state index < -0.39 is 6.10 Å². The van der Waals surface area contributed by atoms with Gasteiger partial charge in [0.1, 0.15) is 6.10 Å². The number of aliphatic hydroxyl groups excluding tert-OH is 1. The van der Waals surface area contributed by atoms with Crippen molar-refractivity contribution in [2.24, 2.45) is 0 Å². The zero-order chi connectivity index (χ0) is 11.7. The summed E-state index contributed by atoms with van der Waals surface area (Å²) in [6, 6.07) is 4.24. The highest BCUT2D eigenvalue weighted by atomic mass is 16.5. The number of rotatable bonds is 2. The summed E-state index contributed by atoms with van der Waals surface area (Å²) in [5, 5.41) is 10.3. The largest absolute Gasteiger partial charge is 0.386 e. The van der Waals surface area contributed by atoms with Crippen molar-refractivity contribution in [3.8, 4) is 0 Å². The second kappa shape index (κ2) is 4.56. The van der Waals surface area contributed by atoms with E-state index >= 15 is 0 Å². The van der Waals surface area contributed by atoms with Crippen molar-refractivity contribution in [2.75, 3.05) is 6.61 Å². The minimum Gasteiger partial charge on any atom is -0.386 e. The van der Waals surface area contributed by atoms with Crippen LogP contribution in [0.4, 0.5) is 0 Å². The number of hydrogen-bond acceptors (Lipinski definition) is 2. The van der Waals surface area contributed by atoms with Crippen molar-refractivity contribution in [1.29, 1.82) is 0 Å². The maximum Gasteiger partial charge on any atom is 0.105 e. The summed E-state index contributed by atoms with van der Waals surface area (Å²) in [7, 11) is 0. The Kier molecular flexibility index (Phi) is 3.31. The van der Waals surface area contributed by atoms with E-state index in [0.717, 1.165) is 30.6 Å². The van der Waals surface area contributed by atoms with E-state index in [1.54, 1.807) is 0 Å². The van der Waals surface area contributed by atoms with E-state index in [1.807, 2.05) is 0 Å². The third-order valence-electron chi connectivity index (χ3n) is 3.52. The molecule has 1 fully saturated rings. The molecule has 1 aromatic rings. The summed E-state index contributed by atoms with van der Waals surface area (Å²) in [4.78, 5) is 0. The maximum atomic E-state index is 10.3. The first-order valence-corrected chi connectivity index (χ1v) is 5.97. The number of aliphatic hydroxyl groups is 1. The predicted molar refractivity (Wildman–Crippen MR) is 64.6 cm³/mol. The Morgan fingerprint density at radius 1 is 1.19 bits per heavy atom. The van der Waals surface area contributed by atoms with Gasteiger partial charge in [0, 0.05) is 6.61 Å². The van der Waals surface area contributed by atoms with Crippen molar-refractivity contribution < 1.29 is 9.84 Å². The first-order valence-electron chi connectivity index (χ1n) is 5.97. The van der Waals surface area contributed by atoms with E-state index in [9.17, 15) is 5.11 Å². The highest BCUT2D eigenvalue weighted by molar-refractivity contribution is 5.38. The average molecular weight is 220 g/mol. The van der Waals surface area contributed by atoms with Crippen LogP contribution in [0.15, 0.2) is 12.1 Å². The third-order valence-corrected chi connectivity index (χ3v) is 3.52. The van der Waals surface area contributed by atoms with Gasteiger partial charge < -0.3 is 9.84 Å². The van der Waals surface area contributed by atoms with Gasteiger partial charge in [-0.05, 0) is 55.9 Å². The van der Waals surface area contributed by atoms with Crippen molar-refractivity contribution >= 4 is 0 Å². The zero-order valence-electron chi connectivity index (χ0n) is 10.3. The number of benzene rings is 1. The van der Waals surface area contributed by atoms with Crippen LogP contribution in [0, 0.1) is 20.8 Å². The highest BCUT2D eigenvalue weighted by Crippen LogP contribution is 2.30. The summed E-state index contributed by atoms with van der Waals surface area (Å²) in [6.07, 6.45) is 1.54. The molecule has 0 aromatic heterocycles. The number of ether oxygens (including phenoxy) is 1. The second-order valence-corrected chi connectivity index (χ2v) is 4.79. The standard InChI is InChI=1S/C14H20O2/c1-9-7-11(3)12(8-10(9)2)14(15)13-5-4-6-16-13/h7-8,13-15H,4-6H2,1-3H3. The molecular weight excluding hydrogens is 200 g/mol. The average Bonchev–Trinajstić information content (AvgIpc) is 2.75. The Morgan fingerprint density at radius 2 is 1.88 bits per heavy atom. The minimum absolute atomic E-state index is 0.0131. The lowest BCUT2D eigenvalue weighted by atomic mass is 9.94. The molecule has 2 rings (SSSR count). The van der Waals surface area contributed by atoms with Gasteiger partial charge in [0.15, 0.2) is 0 Å². The fourth-order valence-corrected chi connectivity index (χ4v) is 2.35. The van der Waals surface area contributed by atoms with Gasteiger partial charge in [-0.25, -0.2) is 0 Å². The van der Waals surface area contributed by atoms with Gasteiger partial charge in [-0.15, -0.1) is 0 Å². The van der Waals surface area contributed by atoms with Crippen LogP contribution in [-0.4, -0.2) is 17.8 Å². The van der Waals surface area contributed by atoms with Crippen LogP contribution >= 0.6 is 0 Å². The van der Waals surface area contributed by atoms with Gasteiger partial charge >= 0.3 is 0 Å². The van der Waals surface area contributed by atoms with Crippen molar-refractivity contribution in [3.05, 3.63) is 34.4 Å². The summed E-state index contributed by atoms with van der Waals surface area (Å²) in [5.74, 6) is 0. The molecule has 2 heteroatoms. The molecule has 0 amide bonds. The van der Waals surface area contributed by atoms with Crippen LogP contribution in [0.3, 0.4) is 0 Å². The molecule has 88 valence electrons. The molecule has 0 aliphatic carbocycles. The minimum atomic E-state index is -0.471. The van der Waals surface area contributed by atoms with Gasteiger partial charge in [0.05, 0.1) is 6.10 Å². The van der Waals surface area contributed by atoms with Crippen molar-refractivity contribution in [1.82, 2.24) is 0 Å². The Hall–Kier alpha value is -0.860. The summed E-state index contributed by atoms with van der Waals surface area (Å²) >= 11 is 0. The lowest BCUT2D eigenvalue weighted by molar-refractivity contribution is -0.00291. The second-order valence-electron chi connectivity index (χ2n) is 4.79. The molecule has 2 atom stereocenters. The van der Waals surface area contributed by atoms with Gasteiger partial charge in [0.25, 0.3) is 0 Å². The molecule has 1 aliphatic rings. The SMILES string of the molecule is Cc1cc(C)c(C(O)C2CCCO2)cc1C. The van der Waals surface area contributed by atoms with Crippen molar-refractivity contribution in [3.63, 3.8) is 0 Å². The molecular formula is C14H20O2. The van der Waals surface area contributed by atoms with Crippen LogP contribution < -0.4 is 0 Å². The Labute approximate surface area is 97.3 Å². The molecule has 0 spiro atoms. The lowest BCUT2D eigenvalue weighted by Gasteiger charge is -2.20. The van der Waals surface area contributed by atoms with Gasteiger partial charge in [-0.1, -0.05) is 12.1 Å². The van der Waals surface area contributed by atoms with Gasteiger partial charge in [-0.2, -0.15) is 0 Å². The maximum absolute atomic E-state index is 10.3. The third kappa shape index (κ3) is 2.13. The Morgan fingerprint density at radius 3 is 2.50 bits per heavy atom. The predicted octanol–water partition coefficient (Wildman–Crippen LogP) is 2.82. The molecule has 2 nitrogen and oxygen atoms in total. The van der Waals surface area contributed by atoms with E-state index in [0.29, 0.717) is 0 Å². The number of hydrogen-bond donors (Lipinski definition) is 1. The van der Waals surface area contributed by atoms with Crippen molar-refractivity contribution in [2.45, 2.75) is 45.8 Å². The van der Waals surface area contributed by atoms with E-state index in [2.05, 4.69) is 32.9 Å². The van der Waals surface area contributed by atoms with Crippen LogP contribution in [-0.2, 0) is 4.74 Å². The zero-order valence-corrected chi connectivity index (χ0v) is 10.3. The van der Waals surface area contributed by atoms with Crippen LogP contribution in [0.1, 0.15) is 41.2 Å². The molecule has 1 N–H and O–H groups in total. The molecule has 1 aliphatic heterocycles. The molecule has 1 saturated heterocycles. The van der Waals surface area contributed by atoms with Crippen LogP contribution in [0.2, 0.25) is 0 Å². The first-order chi connectivity index (χ1) is 7.59. The van der Waals surface area contributed by atoms with E-state index in [1.165, 1.54) is 11.1 Å². The number of aryl methyl sites for hydroxylation is 3. The topological polar surface area (TPSA) is 29.5 Å². The first kappa shape index (κ1) is 11.6. The van der Waals surface area contributed by atoms with Gasteiger partial charge in [0.2, 0.25) is 0 Å². The Balaban J connectivity index is 2.28. The molecule has 0 radical (unpaired) electrons. The van der Waals surface area contributed by atoms with Crippen LogP contribution in [0.25, 0.3) is 0 Å². The smallest absolute Gasteiger partial charge is 0.105 e. The van der Waals surface area contributed by atoms with E-state index in [-0.39, 0.29) is 6.10 Å². The molecule has 0 saturated carbocycles. The molecule has 1 heterocycles. The molecule has 1 aromatic carbocycles. The summed E-state index contributed by atoms with van der Waals surface area (Å²) in [5.41, 5.74) is 4.69. The van der Waals surface area contributed by atoms with Gasteiger partial charge in [-0.3, -0.25) is 0 Å². The fourth-order valence-electron chi connectivity index (χ4n) is 2.35. The quantitative estimate of drug-likeness (QED) is 0.830. The molecule has 2 unspecified atom stereocenters. The van der Waals surface area contributed by atoms with E-state index in [4.69, 9.17) is 4.74 Å². The summed E-state index contributed by atoms with van der Waals surface area (Å²) in [6.45, 7) is 7.02. The van der Waals surface area contributed by atoms with Crippen LogP contribution in [0.5, 0.6) is 0 Å². The fraction of sp³-hybridized carbons (Fsp3) is 0.571. The molecule has 0 bridgehead atoms. The molecule has 16 heavy (non-hydrogen) atoms. The Bertz CT molecular complexity index is 379. The lowest BCUT2D eigenvalue weighted by Crippen LogP contribution is -2.18. The summed E-state index contributed by atoms with van der Waals surface area (Å²) < 4.78 is 5.54. The monoisotopic (exact) mass is 220 g/mol.